The average molecular weight is 283 g/mol. The van der Waals surface area contributed by atoms with Crippen molar-refractivity contribution in [3.63, 3.8) is 0 Å². The topological polar surface area (TPSA) is 38.4 Å². The van der Waals surface area contributed by atoms with Gasteiger partial charge >= 0.3 is 0 Å². The molecule has 1 heterocycles. The van der Waals surface area contributed by atoms with E-state index < -0.39 is 0 Å². The molecule has 3 rings (SSSR count). The largest absolute Gasteiger partial charge is 0.400 e. The highest BCUT2D eigenvalue weighted by molar-refractivity contribution is 6.30. The standard InChI is InChI=1S/C17H15ClN2/c18-14-8-6-13(7-9-14)16-11-15(19)17(20-16)10-12-4-2-1-3-5-12/h1-9,11,17H,10,19H2. The quantitative estimate of drug-likeness (QED) is 0.918. The van der Waals surface area contributed by atoms with Gasteiger partial charge in [0.05, 0.1) is 11.8 Å². The molecule has 100 valence electrons. The first-order valence-corrected chi connectivity index (χ1v) is 6.95. The molecule has 1 unspecified atom stereocenters. The molecule has 2 aromatic carbocycles. The number of nitrogens with two attached hydrogens (primary N) is 1. The van der Waals surface area contributed by atoms with E-state index in [0.717, 1.165) is 28.4 Å². The Labute approximate surface area is 123 Å². The summed E-state index contributed by atoms with van der Waals surface area (Å²) in [6, 6.07) is 18.0. The van der Waals surface area contributed by atoms with Crippen molar-refractivity contribution in [2.75, 3.05) is 0 Å². The van der Waals surface area contributed by atoms with Gasteiger partial charge in [-0.05, 0) is 29.3 Å². The van der Waals surface area contributed by atoms with Gasteiger partial charge in [0, 0.05) is 17.1 Å². The van der Waals surface area contributed by atoms with Crippen LogP contribution in [0.4, 0.5) is 0 Å². The van der Waals surface area contributed by atoms with Gasteiger partial charge in [0.1, 0.15) is 0 Å². The van der Waals surface area contributed by atoms with Crippen LogP contribution in [0.1, 0.15) is 11.1 Å². The van der Waals surface area contributed by atoms with E-state index in [1.807, 2.05) is 48.5 Å². The number of rotatable bonds is 3. The number of allylic oxidation sites excluding steroid dienone is 1. The molecule has 0 aromatic heterocycles. The van der Waals surface area contributed by atoms with Crippen molar-refractivity contribution < 1.29 is 0 Å². The van der Waals surface area contributed by atoms with Gasteiger partial charge in [0.2, 0.25) is 0 Å². The Hall–Kier alpha value is -2.06. The monoisotopic (exact) mass is 282 g/mol. The Morgan fingerprint density at radius 1 is 1.00 bits per heavy atom. The van der Waals surface area contributed by atoms with Crippen LogP contribution in [0.2, 0.25) is 5.02 Å². The van der Waals surface area contributed by atoms with E-state index in [9.17, 15) is 0 Å². The third-order valence-corrected chi connectivity index (χ3v) is 3.65. The Balaban J connectivity index is 1.82. The zero-order valence-electron chi connectivity index (χ0n) is 11.0. The SMILES string of the molecule is NC1=CC(c2ccc(Cl)cc2)=NC1Cc1ccccc1. The van der Waals surface area contributed by atoms with E-state index in [1.54, 1.807) is 0 Å². The highest BCUT2D eigenvalue weighted by atomic mass is 35.5. The van der Waals surface area contributed by atoms with E-state index in [0.29, 0.717) is 0 Å². The molecular formula is C17H15ClN2. The van der Waals surface area contributed by atoms with Crippen molar-refractivity contribution in [3.8, 4) is 0 Å². The lowest BCUT2D eigenvalue weighted by molar-refractivity contribution is 0.772. The number of aliphatic imine (C=N–C) groups is 1. The maximum absolute atomic E-state index is 6.10. The molecule has 0 saturated carbocycles. The molecule has 2 aromatic rings. The van der Waals surface area contributed by atoms with Crippen molar-refractivity contribution in [2.24, 2.45) is 10.7 Å². The van der Waals surface area contributed by atoms with Crippen LogP contribution >= 0.6 is 11.6 Å². The summed E-state index contributed by atoms with van der Waals surface area (Å²) in [6.45, 7) is 0. The molecule has 3 heteroatoms. The van der Waals surface area contributed by atoms with Gasteiger partial charge in [-0.25, -0.2) is 0 Å². The first kappa shape index (κ1) is 12.9. The van der Waals surface area contributed by atoms with E-state index in [1.165, 1.54) is 5.56 Å². The van der Waals surface area contributed by atoms with Crippen LogP contribution in [-0.2, 0) is 6.42 Å². The molecule has 1 aliphatic heterocycles. The molecule has 2 N–H and O–H groups in total. The zero-order chi connectivity index (χ0) is 13.9. The first-order valence-electron chi connectivity index (χ1n) is 6.57. The summed E-state index contributed by atoms with van der Waals surface area (Å²) in [5.74, 6) is 0. The Kier molecular flexibility index (Phi) is 3.57. The van der Waals surface area contributed by atoms with E-state index in [4.69, 9.17) is 22.3 Å². The fourth-order valence-electron chi connectivity index (χ4n) is 2.31. The molecule has 0 aliphatic carbocycles. The molecule has 0 spiro atoms. The van der Waals surface area contributed by atoms with Crippen LogP contribution in [0.15, 0.2) is 71.4 Å². The third-order valence-electron chi connectivity index (χ3n) is 3.39. The minimum absolute atomic E-state index is 0.0306. The van der Waals surface area contributed by atoms with Crippen LogP contribution in [0.5, 0.6) is 0 Å². The highest BCUT2D eigenvalue weighted by Gasteiger charge is 2.19. The predicted molar refractivity (Wildman–Crippen MR) is 84.2 cm³/mol. The van der Waals surface area contributed by atoms with E-state index in [2.05, 4.69) is 12.1 Å². The van der Waals surface area contributed by atoms with Gasteiger partial charge in [-0.15, -0.1) is 0 Å². The zero-order valence-corrected chi connectivity index (χ0v) is 11.7. The third kappa shape index (κ3) is 2.75. The molecule has 0 bridgehead atoms. The van der Waals surface area contributed by atoms with Crippen molar-refractivity contribution in [1.82, 2.24) is 0 Å². The Morgan fingerprint density at radius 3 is 2.40 bits per heavy atom. The van der Waals surface area contributed by atoms with Crippen molar-refractivity contribution in [1.29, 1.82) is 0 Å². The van der Waals surface area contributed by atoms with E-state index in [-0.39, 0.29) is 6.04 Å². The second kappa shape index (κ2) is 5.51. The lowest BCUT2D eigenvalue weighted by atomic mass is 10.1. The maximum atomic E-state index is 6.10. The lowest BCUT2D eigenvalue weighted by Crippen LogP contribution is -2.15. The summed E-state index contributed by atoms with van der Waals surface area (Å²) < 4.78 is 0. The van der Waals surface area contributed by atoms with Crippen LogP contribution < -0.4 is 5.73 Å². The normalized spacial score (nSPS) is 17.8. The summed E-state index contributed by atoms with van der Waals surface area (Å²) >= 11 is 5.90. The molecular weight excluding hydrogens is 268 g/mol. The maximum Gasteiger partial charge on any atom is 0.0940 e. The molecule has 0 fully saturated rings. The first-order chi connectivity index (χ1) is 9.72. The molecule has 0 radical (unpaired) electrons. The molecule has 20 heavy (non-hydrogen) atoms. The fraction of sp³-hybridized carbons (Fsp3) is 0.118. The predicted octanol–water partition coefficient (Wildman–Crippen LogP) is 3.60. The second-order valence-corrected chi connectivity index (χ2v) is 5.31. The van der Waals surface area contributed by atoms with Crippen LogP contribution in [0, 0.1) is 0 Å². The summed E-state index contributed by atoms with van der Waals surface area (Å²) in [5, 5.41) is 0.727. The number of halogens is 1. The van der Waals surface area contributed by atoms with Gasteiger partial charge in [0.25, 0.3) is 0 Å². The Bertz CT molecular complexity index is 657. The van der Waals surface area contributed by atoms with Gasteiger partial charge < -0.3 is 5.73 Å². The summed E-state index contributed by atoms with van der Waals surface area (Å²) in [4.78, 5) is 4.72. The van der Waals surface area contributed by atoms with Gasteiger partial charge in [-0.2, -0.15) is 0 Å². The molecule has 0 saturated heterocycles. The molecule has 1 atom stereocenters. The number of benzene rings is 2. The fourth-order valence-corrected chi connectivity index (χ4v) is 2.44. The average Bonchev–Trinajstić information content (AvgIpc) is 2.82. The lowest BCUT2D eigenvalue weighted by Gasteiger charge is -2.08. The highest BCUT2D eigenvalue weighted by Crippen LogP contribution is 2.20. The van der Waals surface area contributed by atoms with Gasteiger partial charge in [-0.3, -0.25) is 4.99 Å². The van der Waals surface area contributed by atoms with Crippen LogP contribution in [-0.4, -0.2) is 11.8 Å². The molecule has 2 nitrogen and oxygen atoms in total. The summed E-state index contributed by atoms with van der Waals surface area (Å²) in [7, 11) is 0. The summed E-state index contributed by atoms with van der Waals surface area (Å²) in [6.07, 6.45) is 2.79. The van der Waals surface area contributed by atoms with Gasteiger partial charge in [0.15, 0.2) is 0 Å². The Morgan fingerprint density at radius 2 is 1.70 bits per heavy atom. The second-order valence-electron chi connectivity index (χ2n) is 4.87. The summed E-state index contributed by atoms with van der Waals surface area (Å²) in [5.41, 5.74) is 10.1. The molecule has 1 aliphatic rings. The smallest absolute Gasteiger partial charge is 0.0940 e. The van der Waals surface area contributed by atoms with Crippen LogP contribution in [0.25, 0.3) is 0 Å². The van der Waals surface area contributed by atoms with Crippen LogP contribution in [0.3, 0.4) is 0 Å². The minimum Gasteiger partial charge on any atom is -0.400 e. The van der Waals surface area contributed by atoms with Crippen molar-refractivity contribution in [3.05, 3.63) is 82.5 Å². The minimum atomic E-state index is 0.0306. The number of hydrogen-bond acceptors (Lipinski definition) is 2. The van der Waals surface area contributed by atoms with Crippen molar-refractivity contribution >= 4 is 17.3 Å². The van der Waals surface area contributed by atoms with E-state index >= 15 is 0 Å². The molecule has 0 amide bonds. The number of nitrogens with zero attached hydrogens (tertiary/aromatic N) is 1. The number of hydrogen-bond donors (Lipinski definition) is 1. The van der Waals surface area contributed by atoms with Gasteiger partial charge in [-0.1, -0.05) is 54.1 Å². The van der Waals surface area contributed by atoms with Crippen molar-refractivity contribution in [2.45, 2.75) is 12.5 Å².